The fraction of sp³-hybridized carbons (Fsp3) is 0. The Balaban J connectivity index is 1.26. The van der Waals surface area contributed by atoms with E-state index in [0.29, 0.717) is 0 Å². The van der Waals surface area contributed by atoms with E-state index in [2.05, 4.69) is 169 Å². The fourth-order valence-electron chi connectivity index (χ4n) is 7.26. The van der Waals surface area contributed by atoms with E-state index in [1.807, 2.05) is 23.5 Å². The van der Waals surface area contributed by atoms with E-state index in [-0.39, 0.29) is 0 Å². The molecule has 10 aromatic rings. The monoisotopic (exact) mass is 643 g/mol. The zero-order chi connectivity index (χ0) is 32.3. The minimum atomic E-state index is 0.901. The average Bonchev–Trinajstić information content (AvgIpc) is 3.74. The minimum absolute atomic E-state index is 0.901. The van der Waals surface area contributed by atoms with Gasteiger partial charge in [0.1, 0.15) is 11.2 Å². The van der Waals surface area contributed by atoms with Crippen molar-refractivity contribution in [3.05, 3.63) is 176 Å². The molecule has 3 heteroatoms. The van der Waals surface area contributed by atoms with Crippen LogP contribution in [0.3, 0.4) is 0 Å². The second-order valence-electron chi connectivity index (χ2n) is 12.6. The summed E-state index contributed by atoms with van der Waals surface area (Å²) in [7, 11) is 0. The normalized spacial score (nSPS) is 11.7. The van der Waals surface area contributed by atoms with Crippen LogP contribution in [0.5, 0.6) is 0 Å². The lowest BCUT2D eigenvalue weighted by atomic mass is 9.96. The van der Waals surface area contributed by atoms with Crippen molar-refractivity contribution in [3.8, 4) is 22.3 Å². The van der Waals surface area contributed by atoms with Crippen molar-refractivity contribution in [3.63, 3.8) is 0 Å². The molecule has 0 aliphatic rings. The Hall–Kier alpha value is -6.16. The molecule has 8 aromatic carbocycles. The first-order chi connectivity index (χ1) is 24.3. The van der Waals surface area contributed by atoms with Crippen LogP contribution >= 0.6 is 11.3 Å². The standard InChI is InChI=1S/C46H29NOS/c1-2-11-30(12-3-1)34-25-35(33-22-24-44-41(29-33)38-15-6-8-19-43(38)48-44)28-37(27-34)47(36-23-21-31-13-4-5-14-32(31)26-36)42-18-10-17-40-39-16-7-9-20-45(39)49-46(40)42/h1-29H. The highest BCUT2D eigenvalue weighted by Crippen LogP contribution is 2.47. The van der Waals surface area contributed by atoms with E-state index >= 15 is 0 Å². The fourth-order valence-corrected chi connectivity index (χ4v) is 8.47. The molecule has 0 spiro atoms. The van der Waals surface area contributed by atoms with Gasteiger partial charge >= 0.3 is 0 Å². The molecule has 0 saturated heterocycles. The molecular weight excluding hydrogens is 615 g/mol. The number of hydrogen-bond donors (Lipinski definition) is 0. The van der Waals surface area contributed by atoms with Crippen LogP contribution in [0.25, 0.3) is 75.1 Å². The summed E-state index contributed by atoms with van der Waals surface area (Å²) in [5, 5.41) is 7.27. The highest BCUT2D eigenvalue weighted by Gasteiger charge is 2.20. The summed E-state index contributed by atoms with van der Waals surface area (Å²) in [6.45, 7) is 0. The lowest BCUT2D eigenvalue weighted by Crippen LogP contribution is -2.10. The lowest BCUT2D eigenvalue weighted by Gasteiger charge is -2.28. The van der Waals surface area contributed by atoms with Crippen LogP contribution in [0.4, 0.5) is 17.1 Å². The Bertz CT molecular complexity index is 2840. The molecule has 0 atom stereocenters. The molecule has 2 aromatic heterocycles. The zero-order valence-electron chi connectivity index (χ0n) is 26.5. The maximum Gasteiger partial charge on any atom is 0.135 e. The second kappa shape index (κ2) is 11.2. The number of benzene rings is 8. The second-order valence-corrected chi connectivity index (χ2v) is 13.6. The van der Waals surface area contributed by atoms with E-state index in [4.69, 9.17) is 4.42 Å². The van der Waals surface area contributed by atoms with Gasteiger partial charge in [0.15, 0.2) is 0 Å². The molecule has 0 radical (unpaired) electrons. The van der Waals surface area contributed by atoms with Gasteiger partial charge in [0.05, 0.1) is 10.4 Å². The molecule has 230 valence electrons. The predicted octanol–water partition coefficient (Wildman–Crippen LogP) is 13.9. The van der Waals surface area contributed by atoms with Gasteiger partial charge in [-0.05, 0) is 93.7 Å². The summed E-state index contributed by atoms with van der Waals surface area (Å²) in [6.07, 6.45) is 0. The van der Waals surface area contributed by atoms with Crippen molar-refractivity contribution in [2.45, 2.75) is 0 Å². The Morgan fingerprint density at radius 3 is 2.00 bits per heavy atom. The first-order valence-corrected chi connectivity index (χ1v) is 17.4. The van der Waals surface area contributed by atoms with Crippen LogP contribution in [-0.4, -0.2) is 0 Å². The quantitative estimate of drug-likeness (QED) is 0.186. The van der Waals surface area contributed by atoms with Crippen molar-refractivity contribution in [2.24, 2.45) is 0 Å². The number of thiophene rings is 1. The van der Waals surface area contributed by atoms with Gasteiger partial charge in [0.25, 0.3) is 0 Å². The summed E-state index contributed by atoms with van der Waals surface area (Å²) >= 11 is 1.86. The summed E-state index contributed by atoms with van der Waals surface area (Å²) in [5.74, 6) is 0. The summed E-state index contributed by atoms with van der Waals surface area (Å²) in [4.78, 5) is 2.45. The minimum Gasteiger partial charge on any atom is -0.456 e. The van der Waals surface area contributed by atoms with Gasteiger partial charge in [-0.3, -0.25) is 0 Å². The van der Waals surface area contributed by atoms with E-state index in [0.717, 1.165) is 44.4 Å². The maximum atomic E-state index is 6.21. The van der Waals surface area contributed by atoms with Gasteiger partial charge in [-0.1, -0.05) is 115 Å². The van der Waals surface area contributed by atoms with Crippen LogP contribution < -0.4 is 4.90 Å². The molecule has 0 bridgehead atoms. The summed E-state index contributed by atoms with van der Waals surface area (Å²) in [6, 6.07) is 63.5. The average molecular weight is 644 g/mol. The number of hydrogen-bond acceptors (Lipinski definition) is 3. The highest BCUT2D eigenvalue weighted by molar-refractivity contribution is 7.26. The first-order valence-electron chi connectivity index (χ1n) is 16.6. The number of nitrogens with zero attached hydrogens (tertiary/aromatic N) is 1. The number of furan rings is 1. The number of rotatable bonds is 5. The van der Waals surface area contributed by atoms with Crippen LogP contribution in [0.15, 0.2) is 180 Å². The molecule has 0 N–H and O–H groups in total. The van der Waals surface area contributed by atoms with Crippen molar-refractivity contribution < 1.29 is 4.42 Å². The van der Waals surface area contributed by atoms with Crippen molar-refractivity contribution in [1.82, 2.24) is 0 Å². The molecule has 0 aliphatic carbocycles. The Kier molecular flexibility index (Phi) is 6.39. The van der Waals surface area contributed by atoms with Crippen molar-refractivity contribution in [1.29, 1.82) is 0 Å². The molecule has 0 fully saturated rings. The lowest BCUT2D eigenvalue weighted by molar-refractivity contribution is 0.669. The van der Waals surface area contributed by atoms with Gasteiger partial charge in [-0.25, -0.2) is 0 Å². The first kappa shape index (κ1) is 27.9. The molecule has 0 unspecified atom stereocenters. The van der Waals surface area contributed by atoms with Crippen LogP contribution in [0.1, 0.15) is 0 Å². The van der Waals surface area contributed by atoms with Gasteiger partial charge in [0, 0.05) is 37.6 Å². The topological polar surface area (TPSA) is 16.4 Å². The van der Waals surface area contributed by atoms with E-state index in [1.165, 1.54) is 47.8 Å². The molecular formula is C46H29NOS. The van der Waals surface area contributed by atoms with E-state index < -0.39 is 0 Å². The maximum absolute atomic E-state index is 6.21. The van der Waals surface area contributed by atoms with Crippen molar-refractivity contribution >= 4 is 81.3 Å². The molecule has 0 amide bonds. The summed E-state index contributed by atoms with van der Waals surface area (Å²) in [5.41, 5.74) is 9.85. The molecule has 49 heavy (non-hydrogen) atoms. The predicted molar refractivity (Wildman–Crippen MR) is 210 cm³/mol. The number of fused-ring (bicyclic) bond motifs is 7. The smallest absolute Gasteiger partial charge is 0.135 e. The SMILES string of the molecule is c1ccc(-c2cc(-c3ccc4oc5ccccc5c4c3)cc(N(c3ccc4ccccc4c3)c3cccc4c3sc3ccccc34)c2)cc1. The third-order valence-corrected chi connectivity index (χ3v) is 10.8. The Labute approximate surface area is 287 Å². The van der Waals surface area contributed by atoms with Crippen LogP contribution in [0.2, 0.25) is 0 Å². The largest absolute Gasteiger partial charge is 0.456 e. The highest BCUT2D eigenvalue weighted by atomic mass is 32.1. The number of anilines is 3. The van der Waals surface area contributed by atoms with Crippen molar-refractivity contribution in [2.75, 3.05) is 4.90 Å². The third-order valence-electron chi connectivity index (χ3n) is 9.61. The Morgan fingerprint density at radius 1 is 0.388 bits per heavy atom. The molecule has 2 nitrogen and oxygen atoms in total. The molecule has 0 aliphatic heterocycles. The zero-order valence-corrected chi connectivity index (χ0v) is 27.3. The third kappa shape index (κ3) is 4.70. The Morgan fingerprint density at radius 2 is 1.10 bits per heavy atom. The summed E-state index contributed by atoms with van der Waals surface area (Å²) < 4.78 is 8.78. The molecule has 2 heterocycles. The van der Waals surface area contributed by atoms with E-state index in [9.17, 15) is 0 Å². The van der Waals surface area contributed by atoms with Crippen LogP contribution in [0, 0.1) is 0 Å². The van der Waals surface area contributed by atoms with Gasteiger partial charge in [-0.15, -0.1) is 11.3 Å². The van der Waals surface area contributed by atoms with Gasteiger partial charge in [0.2, 0.25) is 0 Å². The molecule has 10 rings (SSSR count). The molecule has 0 saturated carbocycles. The number of para-hydroxylation sites is 1. The van der Waals surface area contributed by atoms with E-state index in [1.54, 1.807) is 0 Å². The van der Waals surface area contributed by atoms with Gasteiger partial charge in [-0.2, -0.15) is 0 Å². The van der Waals surface area contributed by atoms with Crippen LogP contribution in [-0.2, 0) is 0 Å². The van der Waals surface area contributed by atoms with Gasteiger partial charge < -0.3 is 9.32 Å².